The Kier molecular flexibility index (Phi) is 7.21. The van der Waals surface area contributed by atoms with Crippen LogP contribution in [0.1, 0.15) is 46.4 Å². The van der Waals surface area contributed by atoms with Gasteiger partial charge in [-0.3, -0.25) is 9.59 Å². The molecule has 35 heavy (non-hydrogen) atoms. The highest BCUT2D eigenvalue weighted by Gasteiger charge is 2.17. The predicted octanol–water partition coefficient (Wildman–Crippen LogP) is 3.96. The van der Waals surface area contributed by atoms with Crippen LogP contribution in [0.25, 0.3) is 4.96 Å². The number of ether oxygens (including phenoxy) is 2. The number of esters is 1. The van der Waals surface area contributed by atoms with Gasteiger partial charge in [-0.2, -0.15) is 9.61 Å². The molecule has 1 amide bonds. The lowest BCUT2D eigenvalue weighted by Gasteiger charge is -2.11. The van der Waals surface area contributed by atoms with Crippen molar-refractivity contribution in [3.05, 3.63) is 86.8 Å². The third kappa shape index (κ3) is 5.90. The number of carbonyl (C=O) groups is 2. The number of rotatable bonds is 8. The quantitative estimate of drug-likeness (QED) is 0.371. The van der Waals surface area contributed by atoms with Crippen LogP contribution >= 0.6 is 11.3 Å². The van der Waals surface area contributed by atoms with Gasteiger partial charge in [0, 0.05) is 12.0 Å². The van der Waals surface area contributed by atoms with E-state index in [-0.39, 0.29) is 30.3 Å². The molecule has 0 aliphatic rings. The molecule has 0 bridgehead atoms. The van der Waals surface area contributed by atoms with Crippen LogP contribution in [-0.2, 0) is 16.1 Å². The number of carbonyl (C=O) groups excluding carboxylic acids is 2. The van der Waals surface area contributed by atoms with E-state index in [1.807, 2.05) is 32.9 Å². The number of hydrogen-bond acceptors (Lipinski definition) is 8. The number of aryl methyl sites for hydroxylation is 1. The largest absolute Gasteiger partial charge is 0.484 e. The Bertz CT molecular complexity index is 1430. The van der Waals surface area contributed by atoms with E-state index < -0.39 is 11.9 Å². The first-order chi connectivity index (χ1) is 16.8. The van der Waals surface area contributed by atoms with Crippen molar-refractivity contribution in [3.63, 3.8) is 0 Å². The molecule has 2 aromatic carbocycles. The second-order valence-corrected chi connectivity index (χ2v) is 9.13. The van der Waals surface area contributed by atoms with Crippen LogP contribution in [0.3, 0.4) is 0 Å². The molecule has 0 unspecified atom stereocenters. The van der Waals surface area contributed by atoms with E-state index in [2.05, 4.69) is 15.4 Å². The Morgan fingerprint density at radius 3 is 2.60 bits per heavy atom. The van der Waals surface area contributed by atoms with E-state index >= 15 is 0 Å². The highest BCUT2D eigenvalue weighted by atomic mass is 32.1. The molecule has 10 heteroatoms. The lowest BCUT2D eigenvalue weighted by molar-refractivity contribution is -0.118. The maximum Gasteiger partial charge on any atom is 0.340 e. The Labute approximate surface area is 205 Å². The summed E-state index contributed by atoms with van der Waals surface area (Å²) in [6.45, 7) is 5.51. The summed E-state index contributed by atoms with van der Waals surface area (Å²) in [7, 11) is 0. The summed E-state index contributed by atoms with van der Waals surface area (Å²) in [4.78, 5) is 42.3. The summed E-state index contributed by atoms with van der Waals surface area (Å²) in [5.41, 5.74) is 1.53. The van der Waals surface area contributed by atoms with Crippen LogP contribution in [0.5, 0.6) is 5.75 Å². The molecule has 2 aromatic heterocycles. The Balaban J connectivity index is 1.40. The molecule has 180 valence electrons. The fourth-order valence-electron chi connectivity index (χ4n) is 3.14. The second-order valence-electron chi connectivity index (χ2n) is 8.15. The van der Waals surface area contributed by atoms with Gasteiger partial charge >= 0.3 is 5.97 Å². The molecule has 0 aliphatic heterocycles. The van der Waals surface area contributed by atoms with Crippen LogP contribution in [0.2, 0.25) is 0 Å². The van der Waals surface area contributed by atoms with Crippen LogP contribution in [0.15, 0.2) is 59.4 Å². The number of anilines is 1. The number of benzene rings is 2. The summed E-state index contributed by atoms with van der Waals surface area (Å²) in [6.07, 6.45) is 0. The van der Waals surface area contributed by atoms with Crippen molar-refractivity contribution in [3.8, 4) is 5.75 Å². The van der Waals surface area contributed by atoms with Gasteiger partial charge < -0.3 is 14.8 Å². The molecule has 0 fully saturated rings. The van der Waals surface area contributed by atoms with E-state index in [0.717, 1.165) is 10.6 Å². The zero-order valence-corrected chi connectivity index (χ0v) is 20.3. The minimum atomic E-state index is -0.658. The number of nitrogens with zero attached hydrogens (tertiary/aromatic N) is 3. The minimum Gasteiger partial charge on any atom is -0.484 e. The summed E-state index contributed by atoms with van der Waals surface area (Å²) in [5, 5.41) is 7.74. The van der Waals surface area contributed by atoms with Gasteiger partial charge in [0.25, 0.3) is 11.5 Å². The van der Waals surface area contributed by atoms with Gasteiger partial charge in [-0.25, -0.2) is 9.78 Å². The molecule has 2 heterocycles. The van der Waals surface area contributed by atoms with Gasteiger partial charge in [-0.1, -0.05) is 55.0 Å². The maximum atomic E-state index is 12.7. The van der Waals surface area contributed by atoms with E-state index in [4.69, 9.17) is 9.47 Å². The molecule has 9 nitrogen and oxygen atoms in total. The standard InChI is InChI=1S/C25H24N4O5S/c1-15(2)23-28-29-22(31)12-17(26-25(29)35-23)13-34-24(32)19-6-4-5-7-20(19)27-21(30)14-33-18-10-8-16(3)9-11-18/h4-12,15H,13-14H2,1-3H3,(H,27,30). The fraction of sp³-hybridized carbons (Fsp3) is 0.240. The fourth-order valence-corrected chi connectivity index (χ4v) is 4.06. The first kappa shape index (κ1) is 24.1. The van der Waals surface area contributed by atoms with Gasteiger partial charge in [-0.05, 0) is 31.2 Å². The Hall–Kier alpha value is -4.05. The van der Waals surface area contributed by atoms with Gasteiger partial charge in [0.15, 0.2) is 6.61 Å². The van der Waals surface area contributed by atoms with Crippen molar-refractivity contribution >= 4 is 33.9 Å². The average molecular weight is 493 g/mol. The molecule has 0 saturated carbocycles. The number of hydrogen-bond donors (Lipinski definition) is 1. The second kappa shape index (κ2) is 10.5. The molecule has 4 rings (SSSR count). The first-order valence-corrected chi connectivity index (χ1v) is 11.8. The molecule has 1 N–H and O–H groups in total. The lowest BCUT2D eigenvalue weighted by Crippen LogP contribution is -2.22. The van der Waals surface area contributed by atoms with Gasteiger partial charge in [0.1, 0.15) is 17.4 Å². The van der Waals surface area contributed by atoms with Crippen LogP contribution < -0.4 is 15.6 Å². The molecule has 0 spiro atoms. The summed E-state index contributed by atoms with van der Waals surface area (Å²) < 4.78 is 12.1. The van der Waals surface area contributed by atoms with E-state index in [1.54, 1.807) is 36.4 Å². The topological polar surface area (TPSA) is 112 Å². The van der Waals surface area contributed by atoms with E-state index in [1.165, 1.54) is 21.9 Å². The Morgan fingerprint density at radius 1 is 1.11 bits per heavy atom. The highest BCUT2D eigenvalue weighted by molar-refractivity contribution is 7.16. The number of nitrogens with one attached hydrogen (secondary N) is 1. The molecule has 0 saturated heterocycles. The lowest BCUT2D eigenvalue weighted by atomic mass is 10.2. The Morgan fingerprint density at radius 2 is 1.86 bits per heavy atom. The van der Waals surface area contributed by atoms with Crippen molar-refractivity contribution in [1.82, 2.24) is 14.6 Å². The number of amides is 1. The maximum absolute atomic E-state index is 12.7. The number of aromatic nitrogens is 3. The molecule has 0 radical (unpaired) electrons. The molecule has 0 aliphatic carbocycles. The molecular weight excluding hydrogens is 468 g/mol. The number of fused-ring (bicyclic) bond motifs is 1. The van der Waals surface area contributed by atoms with Gasteiger partial charge in [0.2, 0.25) is 4.96 Å². The highest BCUT2D eigenvalue weighted by Crippen LogP contribution is 2.21. The van der Waals surface area contributed by atoms with Crippen molar-refractivity contribution in [2.24, 2.45) is 0 Å². The average Bonchev–Trinajstić information content (AvgIpc) is 3.28. The van der Waals surface area contributed by atoms with E-state index in [0.29, 0.717) is 22.1 Å². The van der Waals surface area contributed by atoms with Crippen molar-refractivity contribution in [1.29, 1.82) is 0 Å². The zero-order chi connectivity index (χ0) is 24.9. The third-order valence-electron chi connectivity index (χ3n) is 4.97. The molecule has 4 aromatic rings. The smallest absolute Gasteiger partial charge is 0.340 e. The summed E-state index contributed by atoms with van der Waals surface area (Å²) >= 11 is 1.32. The van der Waals surface area contributed by atoms with Gasteiger partial charge in [0.05, 0.1) is 16.9 Å². The van der Waals surface area contributed by atoms with Crippen molar-refractivity contribution in [2.45, 2.75) is 33.3 Å². The van der Waals surface area contributed by atoms with Gasteiger partial charge in [-0.15, -0.1) is 0 Å². The minimum absolute atomic E-state index is 0.163. The van der Waals surface area contributed by atoms with Crippen LogP contribution in [-0.4, -0.2) is 33.1 Å². The zero-order valence-electron chi connectivity index (χ0n) is 19.5. The molecule has 0 atom stereocenters. The monoisotopic (exact) mass is 492 g/mol. The SMILES string of the molecule is Cc1ccc(OCC(=O)Nc2ccccc2C(=O)OCc2cc(=O)n3nc(C(C)C)sc3n2)cc1. The van der Waals surface area contributed by atoms with E-state index in [9.17, 15) is 14.4 Å². The normalized spacial score (nSPS) is 11.0. The van der Waals surface area contributed by atoms with Crippen LogP contribution in [0, 0.1) is 6.92 Å². The first-order valence-electron chi connectivity index (χ1n) is 11.0. The molecular formula is C25H24N4O5S. The summed E-state index contributed by atoms with van der Waals surface area (Å²) in [5.74, 6) is -0.344. The summed E-state index contributed by atoms with van der Waals surface area (Å²) in [6, 6.07) is 15.1. The van der Waals surface area contributed by atoms with Crippen molar-refractivity contribution < 1.29 is 19.1 Å². The third-order valence-corrected chi connectivity index (χ3v) is 6.18. The van der Waals surface area contributed by atoms with Crippen molar-refractivity contribution in [2.75, 3.05) is 11.9 Å². The predicted molar refractivity (Wildman–Crippen MR) is 132 cm³/mol. The van der Waals surface area contributed by atoms with Crippen LogP contribution in [0.4, 0.5) is 5.69 Å². The number of para-hydroxylation sites is 1.